The minimum atomic E-state index is 0.0998. The van der Waals surface area contributed by atoms with Crippen molar-refractivity contribution in [2.75, 3.05) is 7.11 Å². The van der Waals surface area contributed by atoms with Crippen molar-refractivity contribution in [3.63, 3.8) is 0 Å². The summed E-state index contributed by atoms with van der Waals surface area (Å²) in [6.07, 6.45) is 0.111. The Bertz CT molecular complexity index is 284. The SMILES string of the molecule is CO[C@H](c1ccc(Cl)cc1)C(C)(C)C. The Balaban J connectivity index is 2.96. The molecule has 0 fully saturated rings. The highest BCUT2D eigenvalue weighted by Gasteiger charge is 2.25. The second-order valence-electron chi connectivity index (χ2n) is 4.53. The first kappa shape index (κ1) is 11.5. The summed E-state index contributed by atoms with van der Waals surface area (Å²) in [7, 11) is 1.74. The van der Waals surface area contributed by atoms with Crippen LogP contribution in [0, 0.1) is 5.41 Å². The summed E-state index contributed by atoms with van der Waals surface area (Å²) in [4.78, 5) is 0. The molecule has 0 spiro atoms. The molecule has 1 aromatic carbocycles. The number of halogens is 1. The number of rotatable bonds is 2. The molecule has 14 heavy (non-hydrogen) atoms. The number of hydrogen-bond acceptors (Lipinski definition) is 1. The Morgan fingerprint density at radius 3 is 2.00 bits per heavy atom. The van der Waals surface area contributed by atoms with Gasteiger partial charge < -0.3 is 4.74 Å². The van der Waals surface area contributed by atoms with Gasteiger partial charge in [-0.1, -0.05) is 44.5 Å². The van der Waals surface area contributed by atoms with Crippen LogP contribution >= 0.6 is 11.6 Å². The molecule has 0 aliphatic carbocycles. The third-order valence-corrected chi connectivity index (χ3v) is 2.45. The Morgan fingerprint density at radius 1 is 1.14 bits per heavy atom. The van der Waals surface area contributed by atoms with Crippen LogP contribution in [0.25, 0.3) is 0 Å². The topological polar surface area (TPSA) is 9.23 Å². The van der Waals surface area contributed by atoms with Gasteiger partial charge in [0.1, 0.15) is 0 Å². The molecule has 1 nitrogen and oxygen atoms in total. The lowest BCUT2D eigenvalue weighted by molar-refractivity contribution is 0.0152. The summed E-state index contributed by atoms with van der Waals surface area (Å²) in [5.41, 5.74) is 1.27. The molecule has 1 aromatic rings. The lowest BCUT2D eigenvalue weighted by Gasteiger charge is -2.29. The number of methoxy groups -OCH3 is 1. The van der Waals surface area contributed by atoms with E-state index in [0.717, 1.165) is 5.02 Å². The van der Waals surface area contributed by atoms with Crippen molar-refractivity contribution in [1.82, 2.24) is 0 Å². The maximum atomic E-state index is 5.83. The van der Waals surface area contributed by atoms with Gasteiger partial charge in [-0.15, -0.1) is 0 Å². The minimum Gasteiger partial charge on any atom is -0.376 e. The number of benzene rings is 1. The van der Waals surface area contributed by atoms with E-state index >= 15 is 0 Å². The molecule has 0 aliphatic rings. The molecule has 0 unspecified atom stereocenters. The summed E-state index contributed by atoms with van der Waals surface area (Å²) in [6, 6.07) is 7.83. The highest BCUT2D eigenvalue weighted by Crippen LogP contribution is 2.35. The molecule has 0 aromatic heterocycles. The Kier molecular flexibility index (Phi) is 3.57. The van der Waals surface area contributed by atoms with Crippen molar-refractivity contribution in [2.24, 2.45) is 5.41 Å². The Morgan fingerprint density at radius 2 is 1.64 bits per heavy atom. The van der Waals surface area contributed by atoms with E-state index < -0.39 is 0 Å². The standard InChI is InChI=1S/C12H17ClO/c1-12(2,3)11(14-4)9-5-7-10(13)8-6-9/h5-8,11H,1-4H3/t11-/m1/s1. The molecular weight excluding hydrogens is 196 g/mol. The predicted octanol–water partition coefficient (Wildman–Crippen LogP) is 4.07. The first-order valence-electron chi connectivity index (χ1n) is 4.73. The molecule has 0 saturated heterocycles. The molecule has 0 heterocycles. The van der Waals surface area contributed by atoms with E-state index in [1.54, 1.807) is 7.11 Å². The molecule has 0 bridgehead atoms. The van der Waals surface area contributed by atoms with Crippen molar-refractivity contribution in [3.8, 4) is 0 Å². The van der Waals surface area contributed by atoms with Crippen LogP contribution in [-0.2, 0) is 4.74 Å². The highest BCUT2D eigenvalue weighted by molar-refractivity contribution is 6.30. The molecule has 1 rings (SSSR count). The molecule has 0 N–H and O–H groups in total. The fourth-order valence-corrected chi connectivity index (χ4v) is 1.75. The second-order valence-corrected chi connectivity index (χ2v) is 4.97. The zero-order chi connectivity index (χ0) is 10.8. The summed E-state index contributed by atoms with van der Waals surface area (Å²) < 4.78 is 5.50. The normalized spacial score (nSPS) is 14.1. The van der Waals surface area contributed by atoms with Crippen molar-refractivity contribution >= 4 is 11.6 Å². The second kappa shape index (κ2) is 4.33. The van der Waals surface area contributed by atoms with Gasteiger partial charge in [0.05, 0.1) is 6.10 Å². The number of ether oxygens (including phenoxy) is 1. The van der Waals surface area contributed by atoms with Gasteiger partial charge in [0, 0.05) is 12.1 Å². The van der Waals surface area contributed by atoms with Crippen LogP contribution in [0.4, 0.5) is 0 Å². The van der Waals surface area contributed by atoms with Crippen LogP contribution in [0.1, 0.15) is 32.4 Å². The quantitative estimate of drug-likeness (QED) is 0.718. The number of hydrogen-bond donors (Lipinski definition) is 0. The smallest absolute Gasteiger partial charge is 0.0869 e. The van der Waals surface area contributed by atoms with Gasteiger partial charge in [0.2, 0.25) is 0 Å². The monoisotopic (exact) mass is 212 g/mol. The fourth-order valence-electron chi connectivity index (χ4n) is 1.63. The van der Waals surface area contributed by atoms with Crippen LogP contribution in [0.3, 0.4) is 0 Å². The van der Waals surface area contributed by atoms with E-state index in [-0.39, 0.29) is 11.5 Å². The van der Waals surface area contributed by atoms with Gasteiger partial charge >= 0.3 is 0 Å². The summed E-state index contributed by atoms with van der Waals surface area (Å²) >= 11 is 5.83. The fraction of sp³-hybridized carbons (Fsp3) is 0.500. The van der Waals surface area contributed by atoms with Crippen LogP contribution in [-0.4, -0.2) is 7.11 Å². The van der Waals surface area contributed by atoms with E-state index in [2.05, 4.69) is 20.8 Å². The van der Waals surface area contributed by atoms with Crippen LogP contribution < -0.4 is 0 Å². The van der Waals surface area contributed by atoms with E-state index in [1.807, 2.05) is 24.3 Å². The maximum Gasteiger partial charge on any atom is 0.0869 e. The molecule has 0 amide bonds. The molecular formula is C12H17ClO. The lowest BCUT2D eigenvalue weighted by Crippen LogP contribution is -2.19. The Labute approximate surface area is 91.0 Å². The summed E-state index contributed by atoms with van der Waals surface area (Å²) in [6.45, 7) is 6.49. The van der Waals surface area contributed by atoms with Gasteiger partial charge in [-0.3, -0.25) is 0 Å². The molecule has 1 atom stereocenters. The zero-order valence-corrected chi connectivity index (χ0v) is 9.93. The van der Waals surface area contributed by atoms with E-state index in [4.69, 9.17) is 16.3 Å². The third-order valence-electron chi connectivity index (χ3n) is 2.20. The lowest BCUT2D eigenvalue weighted by atomic mass is 9.85. The van der Waals surface area contributed by atoms with Crippen LogP contribution in [0.2, 0.25) is 5.02 Å². The van der Waals surface area contributed by atoms with Gasteiger partial charge in [0.25, 0.3) is 0 Å². The van der Waals surface area contributed by atoms with Crippen molar-refractivity contribution < 1.29 is 4.74 Å². The first-order chi connectivity index (χ1) is 6.45. The first-order valence-corrected chi connectivity index (χ1v) is 5.11. The highest BCUT2D eigenvalue weighted by atomic mass is 35.5. The van der Waals surface area contributed by atoms with Crippen molar-refractivity contribution in [1.29, 1.82) is 0 Å². The summed E-state index contributed by atoms with van der Waals surface area (Å²) in [5.74, 6) is 0. The maximum absolute atomic E-state index is 5.83. The van der Waals surface area contributed by atoms with E-state index in [1.165, 1.54) is 5.56 Å². The molecule has 78 valence electrons. The average molecular weight is 213 g/mol. The largest absolute Gasteiger partial charge is 0.376 e. The third kappa shape index (κ3) is 2.73. The van der Waals surface area contributed by atoms with Crippen molar-refractivity contribution in [2.45, 2.75) is 26.9 Å². The average Bonchev–Trinajstić information content (AvgIpc) is 2.07. The van der Waals surface area contributed by atoms with Gasteiger partial charge in [-0.05, 0) is 23.1 Å². The van der Waals surface area contributed by atoms with E-state index in [9.17, 15) is 0 Å². The molecule has 0 radical (unpaired) electrons. The van der Waals surface area contributed by atoms with Crippen molar-refractivity contribution in [3.05, 3.63) is 34.9 Å². The minimum absolute atomic E-state index is 0.0998. The molecule has 2 heteroatoms. The van der Waals surface area contributed by atoms with Gasteiger partial charge in [-0.25, -0.2) is 0 Å². The zero-order valence-electron chi connectivity index (χ0n) is 9.17. The van der Waals surface area contributed by atoms with Gasteiger partial charge in [0.15, 0.2) is 0 Å². The molecule has 0 saturated carbocycles. The van der Waals surface area contributed by atoms with E-state index in [0.29, 0.717) is 0 Å². The van der Waals surface area contributed by atoms with Crippen LogP contribution in [0.5, 0.6) is 0 Å². The summed E-state index contributed by atoms with van der Waals surface area (Å²) in [5, 5.41) is 0.762. The predicted molar refractivity (Wildman–Crippen MR) is 60.7 cm³/mol. The molecule has 0 aliphatic heterocycles. The van der Waals surface area contributed by atoms with Gasteiger partial charge in [-0.2, -0.15) is 0 Å². The van der Waals surface area contributed by atoms with Crippen LogP contribution in [0.15, 0.2) is 24.3 Å². The Hall–Kier alpha value is -0.530.